The molecule has 0 unspecified atom stereocenters. The van der Waals surface area contributed by atoms with Crippen molar-refractivity contribution in [1.82, 2.24) is 0 Å². The normalized spacial score (nSPS) is 13.6. The average Bonchev–Trinajstić information content (AvgIpc) is 3.64. The highest BCUT2D eigenvalue weighted by atomic mass is 16.3. The molecule has 7 aromatic carbocycles. The van der Waals surface area contributed by atoms with E-state index >= 15 is 0 Å². The second kappa shape index (κ2) is 14.3. The summed E-state index contributed by atoms with van der Waals surface area (Å²) in [6, 6.07) is 61.7. The zero-order valence-electron chi connectivity index (χ0n) is 32.0. The Bertz CT molecular complexity index is 2680. The number of nitrogens with zero attached hydrogens (tertiary/aromatic N) is 2. The van der Waals surface area contributed by atoms with Crippen molar-refractivity contribution >= 4 is 62.7 Å². The van der Waals surface area contributed by atoms with Crippen LogP contribution in [0.3, 0.4) is 0 Å². The van der Waals surface area contributed by atoms with Crippen LogP contribution in [0, 0.1) is 13.8 Å². The van der Waals surface area contributed by atoms with Crippen molar-refractivity contribution in [2.45, 2.75) is 39.5 Å². The van der Waals surface area contributed by atoms with Gasteiger partial charge in [0.25, 0.3) is 6.71 Å². The number of benzene rings is 7. The Labute approximate surface area is 330 Å². The van der Waals surface area contributed by atoms with E-state index in [1.54, 1.807) is 0 Å². The van der Waals surface area contributed by atoms with Gasteiger partial charge in [0.05, 0.1) is 11.3 Å². The van der Waals surface area contributed by atoms with Gasteiger partial charge in [-0.2, -0.15) is 0 Å². The quantitative estimate of drug-likeness (QED) is 0.153. The van der Waals surface area contributed by atoms with E-state index in [1.165, 1.54) is 79.9 Å². The Balaban J connectivity index is 1.18. The minimum atomic E-state index is -0.0936. The molecule has 0 N–H and O–H groups in total. The zero-order valence-corrected chi connectivity index (χ0v) is 32.0. The van der Waals surface area contributed by atoms with Crippen LogP contribution in [0.2, 0.25) is 0 Å². The van der Waals surface area contributed by atoms with Crippen molar-refractivity contribution in [2.24, 2.45) is 0 Å². The first-order valence-electron chi connectivity index (χ1n) is 19.9. The highest BCUT2D eigenvalue weighted by Gasteiger charge is 2.41. The smallest absolute Gasteiger partial charge is 0.293 e. The summed E-state index contributed by atoms with van der Waals surface area (Å²) in [5, 5.41) is 1.11. The van der Waals surface area contributed by atoms with E-state index in [0.29, 0.717) is 0 Å². The van der Waals surface area contributed by atoms with Gasteiger partial charge in [-0.05, 0) is 128 Å². The highest BCUT2D eigenvalue weighted by Crippen LogP contribution is 2.44. The minimum Gasteiger partial charge on any atom is -0.468 e. The van der Waals surface area contributed by atoms with Crippen LogP contribution in [-0.4, -0.2) is 6.71 Å². The molecule has 2 aliphatic rings. The van der Waals surface area contributed by atoms with Gasteiger partial charge in [0.2, 0.25) is 0 Å². The van der Waals surface area contributed by atoms with Crippen molar-refractivity contribution in [3.8, 4) is 22.3 Å². The van der Waals surface area contributed by atoms with Gasteiger partial charge in [0.1, 0.15) is 5.58 Å². The summed E-state index contributed by atoms with van der Waals surface area (Å²) in [6.07, 6.45) is 7.12. The molecule has 8 aromatic rings. The second-order valence-corrected chi connectivity index (χ2v) is 15.2. The predicted molar refractivity (Wildman–Crippen MR) is 237 cm³/mol. The molecule has 2 heterocycles. The summed E-state index contributed by atoms with van der Waals surface area (Å²) in [5.74, 6) is 0. The van der Waals surface area contributed by atoms with Crippen LogP contribution in [-0.2, 0) is 0 Å². The fourth-order valence-electron chi connectivity index (χ4n) is 9.07. The van der Waals surface area contributed by atoms with Crippen molar-refractivity contribution in [2.75, 3.05) is 9.80 Å². The topological polar surface area (TPSA) is 19.6 Å². The number of rotatable bonds is 7. The lowest BCUT2D eigenvalue weighted by atomic mass is 9.36. The number of para-hydroxylation sites is 2. The maximum atomic E-state index is 7.09. The largest absolute Gasteiger partial charge is 0.468 e. The third kappa shape index (κ3) is 5.94. The van der Waals surface area contributed by atoms with E-state index in [9.17, 15) is 0 Å². The van der Waals surface area contributed by atoms with E-state index in [0.717, 1.165) is 40.8 Å². The van der Waals surface area contributed by atoms with Crippen LogP contribution in [0.25, 0.3) is 33.2 Å². The first-order chi connectivity index (χ1) is 27.6. The molecule has 270 valence electrons. The Morgan fingerprint density at radius 3 is 1.93 bits per heavy atom. The first-order valence-corrected chi connectivity index (χ1v) is 19.9. The maximum Gasteiger partial charge on any atom is 0.293 e. The van der Waals surface area contributed by atoms with Crippen LogP contribution in [0.1, 0.15) is 36.8 Å². The van der Waals surface area contributed by atoms with Crippen molar-refractivity contribution in [3.05, 3.63) is 193 Å². The molecule has 1 aromatic heterocycles. The maximum absolute atomic E-state index is 7.09. The Morgan fingerprint density at radius 1 is 0.571 bits per heavy atom. The molecule has 0 bridgehead atoms. The van der Waals surface area contributed by atoms with Crippen LogP contribution >= 0.6 is 0 Å². The van der Waals surface area contributed by atoms with Crippen LogP contribution in [0.15, 0.2) is 186 Å². The van der Waals surface area contributed by atoms with E-state index in [-0.39, 0.29) is 6.71 Å². The van der Waals surface area contributed by atoms with Gasteiger partial charge in [-0.25, -0.2) is 0 Å². The van der Waals surface area contributed by atoms with Crippen molar-refractivity contribution in [1.29, 1.82) is 0 Å². The first kappa shape index (κ1) is 34.0. The van der Waals surface area contributed by atoms with E-state index in [2.05, 4.69) is 200 Å². The molecule has 1 aliphatic carbocycles. The van der Waals surface area contributed by atoms with E-state index < -0.39 is 0 Å². The summed E-state index contributed by atoms with van der Waals surface area (Å²) in [7, 11) is 0. The molecule has 0 spiro atoms. The van der Waals surface area contributed by atoms with Crippen LogP contribution in [0.5, 0.6) is 0 Å². The Hall–Kier alpha value is -6.52. The summed E-state index contributed by atoms with van der Waals surface area (Å²) in [6.45, 7) is 4.44. The molecule has 0 radical (unpaired) electrons. The molecule has 3 nitrogen and oxygen atoms in total. The van der Waals surface area contributed by atoms with E-state index in [1.807, 2.05) is 0 Å². The number of hydrogen-bond acceptors (Lipinski definition) is 3. The third-order valence-corrected chi connectivity index (χ3v) is 11.7. The molecule has 0 fully saturated rings. The molecule has 4 heteroatoms. The lowest BCUT2D eigenvalue weighted by Crippen LogP contribution is -2.58. The Kier molecular flexibility index (Phi) is 8.67. The third-order valence-electron chi connectivity index (χ3n) is 11.7. The molecule has 56 heavy (non-hydrogen) atoms. The van der Waals surface area contributed by atoms with E-state index in [4.69, 9.17) is 4.42 Å². The number of fused-ring (bicyclic) bond motifs is 4. The highest BCUT2D eigenvalue weighted by molar-refractivity contribution is 6.98. The van der Waals surface area contributed by atoms with Gasteiger partial charge in [0, 0.05) is 33.8 Å². The summed E-state index contributed by atoms with van der Waals surface area (Å²) in [4.78, 5) is 4.93. The molecule has 1 aliphatic heterocycles. The number of furan rings is 1. The summed E-state index contributed by atoms with van der Waals surface area (Å²) < 4.78 is 7.09. The molecule has 0 amide bonds. The number of aryl methyl sites for hydroxylation is 2. The van der Waals surface area contributed by atoms with Gasteiger partial charge in [-0.3, -0.25) is 0 Å². The standard InChI is InChI=1S/C52H43BN2O/c1-36-18-17-28-48-50(36)53(47-31-30-44(32-37(47)2)54(42-23-11-5-12-24-42)43-25-13-6-14-26-43)52-51(46-27-15-16-29-49(46)56-52)55(48)45-34-40(38-19-7-3-8-20-38)33-41(35-45)39-21-9-4-10-22-39/h3-5,7-12,15-25,27-35H,6,13-14,26H2,1-2H3. The molecule has 0 saturated carbocycles. The monoisotopic (exact) mass is 722 g/mol. The SMILES string of the molecule is Cc1cc(N(C2=CCCCC2)c2ccccc2)ccc1B1c2oc3ccccc3c2N(c2cc(-c3ccccc3)cc(-c3ccccc3)c2)c2cccc(C)c21. The number of allylic oxidation sites excluding steroid dienone is 2. The van der Waals surface area contributed by atoms with Crippen LogP contribution in [0.4, 0.5) is 28.4 Å². The predicted octanol–water partition coefficient (Wildman–Crippen LogP) is 12.3. The van der Waals surface area contributed by atoms with Crippen molar-refractivity contribution < 1.29 is 4.42 Å². The molecular formula is C52H43BN2O. The molecule has 10 rings (SSSR count). The van der Waals surface area contributed by atoms with Crippen LogP contribution < -0.4 is 26.4 Å². The summed E-state index contributed by atoms with van der Waals surface area (Å²) >= 11 is 0. The zero-order chi connectivity index (χ0) is 37.6. The van der Waals surface area contributed by atoms with Crippen molar-refractivity contribution in [3.63, 3.8) is 0 Å². The molecular weight excluding hydrogens is 679 g/mol. The molecule has 0 saturated heterocycles. The number of hydrogen-bond donors (Lipinski definition) is 0. The number of anilines is 5. The van der Waals surface area contributed by atoms with Gasteiger partial charge >= 0.3 is 0 Å². The molecule has 0 atom stereocenters. The van der Waals surface area contributed by atoms with Gasteiger partial charge in [-0.1, -0.05) is 132 Å². The summed E-state index contributed by atoms with van der Waals surface area (Å²) in [5.41, 5.74) is 18.8. The fourth-order valence-corrected chi connectivity index (χ4v) is 9.07. The van der Waals surface area contributed by atoms with Gasteiger partial charge in [0.15, 0.2) is 0 Å². The lowest BCUT2D eigenvalue weighted by molar-refractivity contribution is 0.651. The minimum absolute atomic E-state index is 0.0936. The van der Waals surface area contributed by atoms with Gasteiger partial charge < -0.3 is 14.2 Å². The Morgan fingerprint density at radius 2 is 1.25 bits per heavy atom. The fraction of sp³-hybridized carbons (Fsp3) is 0.115. The van der Waals surface area contributed by atoms with Gasteiger partial charge in [-0.15, -0.1) is 0 Å². The average molecular weight is 723 g/mol. The lowest BCUT2D eigenvalue weighted by Gasteiger charge is -2.36. The second-order valence-electron chi connectivity index (χ2n) is 15.2.